The van der Waals surface area contributed by atoms with Crippen LogP contribution < -0.4 is 0 Å². The van der Waals surface area contributed by atoms with Crippen molar-refractivity contribution in [2.75, 3.05) is 26.2 Å². The Bertz CT molecular complexity index is 436. The van der Waals surface area contributed by atoms with E-state index in [1.54, 1.807) is 6.07 Å². The second-order valence-electron chi connectivity index (χ2n) is 5.50. The lowest BCUT2D eigenvalue weighted by molar-refractivity contribution is 0.177. The molecular formula is C16H24F2N2. The Labute approximate surface area is 120 Å². The largest absolute Gasteiger partial charge is 0.299 e. The van der Waals surface area contributed by atoms with Crippen LogP contribution >= 0.6 is 0 Å². The fourth-order valence-electron chi connectivity index (χ4n) is 3.02. The van der Waals surface area contributed by atoms with Gasteiger partial charge in [0.25, 0.3) is 0 Å². The SMILES string of the molecule is CCN(Cc1ccc(F)c(F)c1)C[C@@H]1CCCN1CC. The molecule has 1 fully saturated rings. The van der Waals surface area contributed by atoms with Crippen molar-refractivity contribution in [3.05, 3.63) is 35.4 Å². The Morgan fingerprint density at radius 1 is 1.25 bits per heavy atom. The summed E-state index contributed by atoms with van der Waals surface area (Å²) < 4.78 is 26.2. The fourth-order valence-corrected chi connectivity index (χ4v) is 3.02. The minimum absolute atomic E-state index is 0.602. The van der Waals surface area contributed by atoms with Crippen LogP contribution in [0.2, 0.25) is 0 Å². The average molecular weight is 282 g/mol. The summed E-state index contributed by atoms with van der Waals surface area (Å²) in [5.74, 6) is -1.53. The van der Waals surface area contributed by atoms with E-state index in [2.05, 4.69) is 23.6 Å². The number of halogens is 2. The van der Waals surface area contributed by atoms with E-state index in [1.807, 2.05) is 0 Å². The highest BCUT2D eigenvalue weighted by Gasteiger charge is 2.24. The van der Waals surface area contributed by atoms with Gasteiger partial charge in [-0.25, -0.2) is 8.78 Å². The van der Waals surface area contributed by atoms with Crippen LogP contribution in [0.1, 0.15) is 32.3 Å². The smallest absolute Gasteiger partial charge is 0.159 e. The maximum Gasteiger partial charge on any atom is 0.159 e. The van der Waals surface area contributed by atoms with Crippen LogP contribution in [-0.4, -0.2) is 42.0 Å². The Balaban J connectivity index is 1.96. The molecule has 2 nitrogen and oxygen atoms in total. The summed E-state index contributed by atoms with van der Waals surface area (Å²) in [7, 11) is 0. The molecule has 1 aromatic rings. The van der Waals surface area contributed by atoms with E-state index in [1.165, 1.54) is 31.5 Å². The number of benzene rings is 1. The first-order chi connectivity index (χ1) is 9.63. The third-order valence-electron chi connectivity index (χ3n) is 4.21. The minimum Gasteiger partial charge on any atom is -0.299 e. The third-order valence-corrected chi connectivity index (χ3v) is 4.21. The molecule has 0 N–H and O–H groups in total. The van der Waals surface area contributed by atoms with Crippen molar-refractivity contribution >= 4 is 0 Å². The molecule has 0 bridgehead atoms. The van der Waals surface area contributed by atoms with Crippen LogP contribution in [0, 0.1) is 11.6 Å². The number of hydrogen-bond acceptors (Lipinski definition) is 2. The number of likely N-dealkylation sites (N-methyl/N-ethyl adjacent to an activating group) is 2. The van der Waals surface area contributed by atoms with Gasteiger partial charge in [0, 0.05) is 19.1 Å². The molecule has 0 aromatic heterocycles. The second kappa shape index (κ2) is 7.14. The van der Waals surface area contributed by atoms with Crippen molar-refractivity contribution in [3.8, 4) is 0 Å². The molecule has 0 amide bonds. The summed E-state index contributed by atoms with van der Waals surface area (Å²) in [6, 6.07) is 4.80. The predicted molar refractivity (Wildman–Crippen MR) is 77.6 cm³/mol. The van der Waals surface area contributed by atoms with E-state index in [9.17, 15) is 8.78 Å². The predicted octanol–water partition coefficient (Wildman–Crippen LogP) is 3.27. The molecule has 1 saturated heterocycles. The highest BCUT2D eigenvalue weighted by Crippen LogP contribution is 2.19. The van der Waals surface area contributed by atoms with E-state index in [0.29, 0.717) is 12.6 Å². The molecule has 0 radical (unpaired) electrons. The van der Waals surface area contributed by atoms with Crippen LogP contribution in [0.4, 0.5) is 8.78 Å². The van der Waals surface area contributed by atoms with Crippen LogP contribution in [0.5, 0.6) is 0 Å². The zero-order valence-corrected chi connectivity index (χ0v) is 12.4. The summed E-state index contributed by atoms with van der Waals surface area (Å²) in [5.41, 5.74) is 0.840. The van der Waals surface area contributed by atoms with Gasteiger partial charge in [-0.05, 0) is 50.2 Å². The number of likely N-dealkylation sites (tertiary alicyclic amines) is 1. The molecular weight excluding hydrogens is 258 g/mol. The lowest BCUT2D eigenvalue weighted by atomic mass is 10.1. The molecule has 2 rings (SSSR count). The van der Waals surface area contributed by atoms with Gasteiger partial charge < -0.3 is 0 Å². The molecule has 1 aliphatic heterocycles. The number of rotatable bonds is 6. The fraction of sp³-hybridized carbons (Fsp3) is 0.625. The van der Waals surface area contributed by atoms with Crippen LogP contribution in [0.3, 0.4) is 0 Å². The molecule has 1 aromatic carbocycles. The van der Waals surface area contributed by atoms with Gasteiger partial charge >= 0.3 is 0 Å². The van der Waals surface area contributed by atoms with E-state index < -0.39 is 11.6 Å². The first kappa shape index (κ1) is 15.4. The maximum absolute atomic E-state index is 13.3. The van der Waals surface area contributed by atoms with Crippen molar-refractivity contribution in [2.24, 2.45) is 0 Å². The minimum atomic E-state index is -0.773. The Morgan fingerprint density at radius 3 is 2.70 bits per heavy atom. The van der Waals surface area contributed by atoms with Crippen LogP contribution in [0.25, 0.3) is 0 Å². The van der Waals surface area contributed by atoms with E-state index in [0.717, 1.165) is 25.2 Å². The summed E-state index contributed by atoms with van der Waals surface area (Å²) in [6.45, 7) is 9.20. The first-order valence-electron chi connectivity index (χ1n) is 7.54. The van der Waals surface area contributed by atoms with Crippen LogP contribution in [0.15, 0.2) is 18.2 Å². The second-order valence-corrected chi connectivity index (χ2v) is 5.50. The standard InChI is InChI=1S/C16H24F2N2/c1-3-19(12-14-6-5-9-20(14)4-2)11-13-7-8-15(17)16(18)10-13/h7-8,10,14H,3-6,9,11-12H2,1-2H3/t14-/m0/s1. The van der Waals surface area contributed by atoms with Crippen molar-refractivity contribution in [1.29, 1.82) is 0 Å². The third kappa shape index (κ3) is 3.76. The molecule has 20 heavy (non-hydrogen) atoms. The zero-order valence-electron chi connectivity index (χ0n) is 12.4. The molecule has 4 heteroatoms. The molecule has 1 atom stereocenters. The molecule has 112 valence electrons. The normalized spacial score (nSPS) is 19.9. The highest BCUT2D eigenvalue weighted by atomic mass is 19.2. The number of hydrogen-bond donors (Lipinski definition) is 0. The van der Waals surface area contributed by atoms with Gasteiger partial charge in [-0.3, -0.25) is 9.80 Å². The van der Waals surface area contributed by atoms with Gasteiger partial charge in [0.1, 0.15) is 0 Å². The highest BCUT2D eigenvalue weighted by molar-refractivity contribution is 5.17. The van der Waals surface area contributed by atoms with Gasteiger partial charge in [-0.1, -0.05) is 19.9 Å². The van der Waals surface area contributed by atoms with Gasteiger partial charge in [0.2, 0.25) is 0 Å². The van der Waals surface area contributed by atoms with Gasteiger partial charge in [-0.2, -0.15) is 0 Å². The van der Waals surface area contributed by atoms with Crippen molar-refractivity contribution in [3.63, 3.8) is 0 Å². The quantitative estimate of drug-likeness (QED) is 0.790. The lowest BCUT2D eigenvalue weighted by Crippen LogP contribution is -2.40. The Hall–Kier alpha value is -1.00. The number of nitrogens with zero attached hydrogens (tertiary/aromatic N) is 2. The summed E-state index contributed by atoms with van der Waals surface area (Å²) in [5, 5.41) is 0. The molecule has 1 heterocycles. The van der Waals surface area contributed by atoms with Gasteiger partial charge in [0.15, 0.2) is 11.6 Å². The Morgan fingerprint density at radius 2 is 2.05 bits per heavy atom. The molecule has 0 saturated carbocycles. The monoisotopic (exact) mass is 282 g/mol. The molecule has 1 aliphatic rings. The molecule has 0 spiro atoms. The molecule has 0 unspecified atom stereocenters. The van der Waals surface area contributed by atoms with Crippen molar-refractivity contribution in [2.45, 2.75) is 39.3 Å². The van der Waals surface area contributed by atoms with E-state index in [4.69, 9.17) is 0 Å². The van der Waals surface area contributed by atoms with Gasteiger partial charge in [-0.15, -0.1) is 0 Å². The Kier molecular flexibility index (Phi) is 5.49. The van der Waals surface area contributed by atoms with Gasteiger partial charge in [0.05, 0.1) is 0 Å². The van der Waals surface area contributed by atoms with Crippen LogP contribution in [-0.2, 0) is 6.54 Å². The maximum atomic E-state index is 13.3. The average Bonchev–Trinajstić information content (AvgIpc) is 2.89. The zero-order chi connectivity index (χ0) is 14.5. The summed E-state index contributed by atoms with van der Waals surface area (Å²) in [6.07, 6.45) is 2.50. The summed E-state index contributed by atoms with van der Waals surface area (Å²) >= 11 is 0. The lowest BCUT2D eigenvalue weighted by Gasteiger charge is -2.29. The first-order valence-corrected chi connectivity index (χ1v) is 7.54. The topological polar surface area (TPSA) is 6.48 Å². The molecule has 0 aliphatic carbocycles. The van der Waals surface area contributed by atoms with Crippen molar-refractivity contribution in [1.82, 2.24) is 9.80 Å². The summed E-state index contributed by atoms with van der Waals surface area (Å²) in [4.78, 5) is 4.82. The van der Waals surface area contributed by atoms with E-state index >= 15 is 0 Å². The van der Waals surface area contributed by atoms with Crippen molar-refractivity contribution < 1.29 is 8.78 Å². The van der Waals surface area contributed by atoms with E-state index in [-0.39, 0.29) is 0 Å².